The Morgan fingerprint density at radius 1 is 0.696 bits per heavy atom. The molecule has 3 aliphatic heterocycles. The van der Waals surface area contributed by atoms with Gasteiger partial charge in [-0.05, 0) is 86.2 Å². The van der Waals surface area contributed by atoms with Crippen LogP contribution in [0.1, 0.15) is 67.2 Å². The van der Waals surface area contributed by atoms with E-state index in [-0.39, 0.29) is 0 Å². The topological polar surface area (TPSA) is 9.72 Å². The third-order valence-electron chi connectivity index (χ3n) is 6.61. The fourth-order valence-corrected chi connectivity index (χ4v) is 4.92. The number of likely N-dealkylation sites (tertiary alicyclic amines) is 2. The predicted molar refractivity (Wildman–Crippen MR) is 98.9 cm³/mol. The zero-order valence-corrected chi connectivity index (χ0v) is 16.4. The van der Waals surface area contributed by atoms with Gasteiger partial charge in [-0.1, -0.05) is 0 Å². The number of piperidine rings is 1. The van der Waals surface area contributed by atoms with E-state index in [0.717, 1.165) is 18.0 Å². The summed E-state index contributed by atoms with van der Waals surface area (Å²) in [7, 11) is 0. The Labute approximate surface area is 144 Å². The Morgan fingerprint density at radius 2 is 1.17 bits per heavy atom. The molecule has 3 nitrogen and oxygen atoms in total. The smallest absolute Gasteiger partial charge is 0.0227 e. The molecule has 3 heteroatoms. The van der Waals surface area contributed by atoms with Crippen molar-refractivity contribution >= 4 is 0 Å². The van der Waals surface area contributed by atoms with Crippen molar-refractivity contribution < 1.29 is 0 Å². The van der Waals surface area contributed by atoms with E-state index in [1.807, 2.05) is 0 Å². The minimum Gasteiger partial charge on any atom is -0.298 e. The molecule has 0 saturated carbocycles. The average molecular weight is 322 g/mol. The van der Waals surface area contributed by atoms with Crippen LogP contribution in [0.4, 0.5) is 0 Å². The highest BCUT2D eigenvalue weighted by Crippen LogP contribution is 2.35. The summed E-state index contributed by atoms with van der Waals surface area (Å²) in [5, 5.41) is 0. The molecule has 0 aromatic heterocycles. The summed E-state index contributed by atoms with van der Waals surface area (Å²) in [5.74, 6) is 0.929. The molecule has 0 aromatic rings. The summed E-state index contributed by atoms with van der Waals surface area (Å²) in [4.78, 5) is 8.31. The second-order valence-electron chi connectivity index (χ2n) is 10.3. The summed E-state index contributed by atoms with van der Waals surface area (Å²) >= 11 is 0. The van der Waals surface area contributed by atoms with Crippen molar-refractivity contribution in [1.82, 2.24) is 14.7 Å². The predicted octanol–water partition coefficient (Wildman–Crippen LogP) is 3.44. The van der Waals surface area contributed by atoms with E-state index in [4.69, 9.17) is 0 Å². The molecule has 3 rings (SSSR count). The maximum absolute atomic E-state index is 2.90. The van der Waals surface area contributed by atoms with E-state index >= 15 is 0 Å². The summed E-state index contributed by atoms with van der Waals surface area (Å²) in [6.45, 7) is 20.8. The van der Waals surface area contributed by atoms with Gasteiger partial charge in [-0.2, -0.15) is 0 Å². The highest BCUT2D eigenvalue weighted by atomic mass is 15.3. The average Bonchev–Trinajstić information content (AvgIpc) is 2.68. The third-order valence-corrected chi connectivity index (χ3v) is 6.61. The van der Waals surface area contributed by atoms with Gasteiger partial charge in [0.2, 0.25) is 0 Å². The second-order valence-corrected chi connectivity index (χ2v) is 10.3. The van der Waals surface area contributed by atoms with Crippen LogP contribution < -0.4 is 0 Å². The molecule has 3 fully saturated rings. The van der Waals surface area contributed by atoms with Crippen LogP contribution in [-0.2, 0) is 0 Å². The molecule has 0 spiro atoms. The second kappa shape index (κ2) is 6.31. The van der Waals surface area contributed by atoms with E-state index in [0.29, 0.717) is 11.1 Å². The lowest BCUT2D eigenvalue weighted by Gasteiger charge is -2.48. The first-order valence-corrected chi connectivity index (χ1v) is 9.90. The number of nitrogens with zero attached hydrogens (tertiary/aromatic N) is 3. The van der Waals surface area contributed by atoms with Crippen LogP contribution in [0, 0.1) is 5.92 Å². The van der Waals surface area contributed by atoms with Gasteiger partial charge in [-0.15, -0.1) is 0 Å². The van der Waals surface area contributed by atoms with Crippen LogP contribution in [0.25, 0.3) is 0 Å². The maximum Gasteiger partial charge on any atom is 0.0227 e. The first kappa shape index (κ1) is 17.7. The van der Waals surface area contributed by atoms with Gasteiger partial charge in [0.15, 0.2) is 0 Å². The van der Waals surface area contributed by atoms with E-state index in [1.165, 1.54) is 58.4 Å². The summed E-state index contributed by atoms with van der Waals surface area (Å²) in [6.07, 6.45) is 5.66. The largest absolute Gasteiger partial charge is 0.298 e. The van der Waals surface area contributed by atoms with Crippen molar-refractivity contribution in [2.75, 3.05) is 32.7 Å². The van der Waals surface area contributed by atoms with Gasteiger partial charge < -0.3 is 0 Å². The Balaban J connectivity index is 1.53. The van der Waals surface area contributed by atoms with Crippen LogP contribution in [0.5, 0.6) is 0 Å². The molecule has 0 N–H and O–H groups in total. The van der Waals surface area contributed by atoms with Gasteiger partial charge in [-0.25, -0.2) is 0 Å². The lowest BCUT2D eigenvalue weighted by atomic mass is 9.91. The van der Waals surface area contributed by atoms with Crippen molar-refractivity contribution in [2.45, 2.75) is 90.4 Å². The van der Waals surface area contributed by atoms with Crippen molar-refractivity contribution in [3.63, 3.8) is 0 Å². The lowest BCUT2D eigenvalue weighted by Crippen LogP contribution is -2.59. The van der Waals surface area contributed by atoms with Crippen LogP contribution in [0.3, 0.4) is 0 Å². The minimum atomic E-state index is 0.338. The molecule has 0 amide bonds. The molecule has 0 aliphatic carbocycles. The van der Waals surface area contributed by atoms with Crippen molar-refractivity contribution in [2.24, 2.45) is 5.92 Å². The molecule has 0 aromatic carbocycles. The maximum atomic E-state index is 2.90. The molecule has 3 saturated heterocycles. The SMILES string of the molecule is CC(C)(C)N1CCC(CN2C3CCC2CN(C(C)(C)C)C3)CC1. The van der Waals surface area contributed by atoms with Gasteiger partial charge in [0.05, 0.1) is 0 Å². The van der Waals surface area contributed by atoms with Gasteiger partial charge >= 0.3 is 0 Å². The number of hydrogen-bond donors (Lipinski definition) is 0. The molecule has 2 bridgehead atoms. The van der Waals surface area contributed by atoms with E-state index in [1.54, 1.807) is 0 Å². The standard InChI is InChI=1S/C20H39N3/c1-19(2,3)21-11-9-16(10-12-21)13-23-17-7-8-18(23)15-22(14-17)20(4,5)6/h16-18H,7-15H2,1-6H3. The van der Waals surface area contributed by atoms with Crippen molar-refractivity contribution in [1.29, 1.82) is 0 Å². The molecule has 134 valence electrons. The summed E-state index contributed by atoms with van der Waals surface area (Å²) in [5.41, 5.74) is 0.688. The lowest BCUT2D eigenvalue weighted by molar-refractivity contribution is -0.00156. The van der Waals surface area contributed by atoms with Gasteiger partial charge in [0.1, 0.15) is 0 Å². The summed E-state index contributed by atoms with van der Waals surface area (Å²) in [6, 6.07) is 1.65. The molecule has 3 heterocycles. The van der Waals surface area contributed by atoms with E-state index in [9.17, 15) is 0 Å². The molecular formula is C20H39N3. The molecule has 23 heavy (non-hydrogen) atoms. The van der Waals surface area contributed by atoms with Crippen molar-refractivity contribution in [3.8, 4) is 0 Å². The highest BCUT2D eigenvalue weighted by molar-refractivity contribution is 4.99. The van der Waals surface area contributed by atoms with Gasteiger partial charge in [0, 0.05) is 42.8 Å². The van der Waals surface area contributed by atoms with E-state index < -0.39 is 0 Å². The number of hydrogen-bond acceptors (Lipinski definition) is 3. The number of piperazine rings is 1. The van der Waals surface area contributed by atoms with Gasteiger partial charge in [0.25, 0.3) is 0 Å². The fourth-order valence-electron chi connectivity index (χ4n) is 4.92. The Bertz CT molecular complexity index is 384. The number of rotatable bonds is 2. The molecule has 3 aliphatic rings. The Kier molecular flexibility index (Phi) is 4.85. The minimum absolute atomic E-state index is 0.338. The quantitative estimate of drug-likeness (QED) is 0.771. The van der Waals surface area contributed by atoms with Gasteiger partial charge in [-0.3, -0.25) is 14.7 Å². The molecular weight excluding hydrogens is 282 g/mol. The van der Waals surface area contributed by atoms with Crippen LogP contribution in [0.15, 0.2) is 0 Å². The Hall–Kier alpha value is -0.120. The number of fused-ring (bicyclic) bond motifs is 2. The highest BCUT2D eigenvalue weighted by Gasteiger charge is 2.43. The van der Waals surface area contributed by atoms with Crippen LogP contribution in [-0.4, -0.2) is 70.6 Å². The fraction of sp³-hybridized carbons (Fsp3) is 1.00. The summed E-state index contributed by atoms with van der Waals surface area (Å²) < 4.78 is 0. The molecule has 0 radical (unpaired) electrons. The zero-order chi connectivity index (χ0) is 16.8. The van der Waals surface area contributed by atoms with Crippen molar-refractivity contribution in [3.05, 3.63) is 0 Å². The van der Waals surface area contributed by atoms with Crippen LogP contribution in [0.2, 0.25) is 0 Å². The normalized spacial score (nSPS) is 32.6. The first-order chi connectivity index (χ1) is 10.6. The third kappa shape index (κ3) is 3.93. The first-order valence-electron chi connectivity index (χ1n) is 9.90. The molecule has 2 atom stereocenters. The monoisotopic (exact) mass is 321 g/mol. The van der Waals surface area contributed by atoms with E-state index in [2.05, 4.69) is 56.2 Å². The zero-order valence-electron chi connectivity index (χ0n) is 16.4. The molecule has 2 unspecified atom stereocenters. The van der Waals surface area contributed by atoms with Crippen LogP contribution >= 0.6 is 0 Å². The Morgan fingerprint density at radius 3 is 1.61 bits per heavy atom.